The van der Waals surface area contributed by atoms with Gasteiger partial charge < -0.3 is 14.8 Å². The Morgan fingerprint density at radius 2 is 2.07 bits per heavy atom. The maximum atomic E-state index is 9.12. The maximum absolute atomic E-state index is 9.12. The molecule has 0 saturated heterocycles. The summed E-state index contributed by atoms with van der Waals surface area (Å²) >= 11 is 1.51. The topological polar surface area (TPSA) is 48.8 Å². The molecule has 1 heterocycles. The minimum absolute atomic E-state index is 0.425. The summed E-state index contributed by atoms with van der Waals surface area (Å²) in [5, 5.41) is 11.1. The molecule has 0 fully saturated rings. The molecule has 0 spiro atoms. The van der Waals surface area contributed by atoms with Crippen molar-refractivity contribution in [1.82, 2.24) is 10.0 Å². The maximum Gasteiger partial charge on any atom is 0.230 e. The van der Waals surface area contributed by atoms with Gasteiger partial charge in [0.2, 0.25) is 5.88 Å². The number of thiazole rings is 1. The monoisotopic (exact) mass is 217 g/mol. The van der Waals surface area contributed by atoms with Crippen LogP contribution in [0.2, 0.25) is 0 Å². The van der Waals surface area contributed by atoms with Crippen LogP contribution in [0.3, 0.4) is 0 Å². The van der Waals surface area contributed by atoms with Gasteiger partial charge in [0.15, 0.2) is 5.13 Å². The van der Waals surface area contributed by atoms with Crippen LogP contribution in [-0.4, -0.2) is 43.5 Å². The lowest BCUT2D eigenvalue weighted by molar-refractivity contribution is -0.0727. The lowest BCUT2D eigenvalue weighted by atomic mass is 10.5. The Morgan fingerprint density at radius 3 is 2.50 bits per heavy atom. The van der Waals surface area contributed by atoms with Crippen LogP contribution in [0, 0.1) is 0 Å². The Labute approximate surface area is 87.5 Å². The summed E-state index contributed by atoms with van der Waals surface area (Å²) in [6.07, 6.45) is 0. The van der Waals surface area contributed by atoms with Gasteiger partial charge in [0, 0.05) is 21.1 Å². The summed E-state index contributed by atoms with van der Waals surface area (Å²) in [6, 6.07) is 0. The van der Waals surface area contributed by atoms with E-state index >= 15 is 0 Å². The van der Waals surface area contributed by atoms with Crippen LogP contribution in [0.25, 0.3) is 0 Å². The van der Waals surface area contributed by atoms with E-state index in [0.29, 0.717) is 12.4 Å². The second-order valence-electron chi connectivity index (χ2n) is 3.14. The quantitative estimate of drug-likeness (QED) is 0.764. The predicted octanol–water partition coefficient (Wildman–Crippen LogP) is 1.04. The van der Waals surface area contributed by atoms with Crippen molar-refractivity contribution >= 4 is 16.5 Å². The van der Waals surface area contributed by atoms with Crippen molar-refractivity contribution in [2.45, 2.75) is 6.54 Å². The first-order valence-corrected chi connectivity index (χ1v) is 4.97. The number of nitrogens with zero attached hydrogens (tertiary/aromatic N) is 3. The average Bonchev–Trinajstić information content (AvgIpc) is 2.46. The average molecular weight is 217 g/mol. The molecule has 1 rings (SSSR count). The van der Waals surface area contributed by atoms with Gasteiger partial charge in [-0.25, -0.2) is 0 Å². The first kappa shape index (κ1) is 11.2. The van der Waals surface area contributed by atoms with E-state index in [2.05, 4.69) is 4.98 Å². The summed E-state index contributed by atoms with van der Waals surface area (Å²) in [5.41, 5.74) is 0. The van der Waals surface area contributed by atoms with E-state index in [1.165, 1.54) is 11.3 Å². The summed E-state index contributed by atoms with van der Waals surface area (Å²) in [5.74, 6) is 0.583. The second kappa shape index (κ2) is 4.59. The first-order valence-electron chi connectivity index (χ1n) is 4.15. The van der Waals surface area contributed by atoms with Crippen molar-refractivity contribution in [2.24, 2.45) is 0 Å². The molecule has 1 aromatic rings. The fourth-order valence-corrected chi connectivity index (χ4v) is 1.98. The van der Waals surface area contributed by atoms with Crippen LogP contribution in [0.1, 0.15) is 4.88 Å². The van der Waals surface area contributed by atoms with Gasteiger partial charge in [0.05, 0.1) is 18.5 Å². The SMILES string of the molecule is COc1nc(N(C)C)sc1CN(C)O. The van der Waals surface area contributed by atoms with Crippen LogP contribution >= 0.6 is 11.3 Å². The molecule has 1 aromatic heterocycles. The lowest BCUT2D eigenvalue weighted by Crippen LogP contribution is -2.11. The molecular formula is C8H15N3O2S. The number of methoxy groups -OCH3 is 1. The molecule has 80 valence electrons. The van der Waals surface area contributed by atoms with E-state index in [-0.39, 0.29) is 0 Å². The van der Waals surface area contributed by atoms with Crippen LogP contribution in [0.15, 0.2) is 0 Å². The van der Waals surface area contributed by atoms with E-state index in [0.717, 1.165) is 15.1 Å². The van der Waals surface area contributed by atoms with Crippen LogP contribution in [0.4, 0.5) is 5.13 Å². The van der Waals surface area contributed by atoms with Crippen LogP contribution < -0.4 is 9.64 Å². The number of anilines is 1. The number of hydrogen-bond donors (Lipinski definition) is 1. The minimum atomic E-state index is 0.425. The van der Waals surface area contributed by atoms with Gasteiger partial charge >= 0.3 is 0 Å². The summed E-state index contributed by atoms with van der Waals surface area (Å²) in [6.45, 7) is 0.425. The highest BCUT2D eigenvalue weighted by Crippen LogP contribution is 2.30. The molecule has 0 aliphatic rings. The number of aromatic nitrogens is 1. The van der Waals surface area contributed by atoms with Gasteiger partial charge in [-0.1, -0.05) is 11.3 Å². The molecule has 5 nitrogen and oxygen atoms in total. The highest BCUT2D eigenvalue weighted by molar-refractivity contribution is 7.15. The van der Waals surface area contributed by atoms with Gasteiger partial charge in [-0.3, -0.25) is 0 Å². The molecular weight excluding hydrogens is 202 g/mol. The van der Waals surface area contributed by atoms with E-state index in [9.17, 15) is 0 Å². The standard InChI is InChI=1S/C8H15N3O2S/c1-10(2)8-9-7(13-4)6(14-8)5-11(3)12/h12H,5H2,1-4H3. The van der Waals surface area contributed by atoms with Crippen LogP contribution in [0.5, 0.6) is 5.88 Å². The molecule has 0 bridgehead atoms. The molecule has 0 aromatic carbocycles. The van der Waals surface area contributed by atoms with E-state index < -0.39 is 0 Å². The fourth-order valence-electron chi connectivity index (χ4n) is 0.984. The van der Waals surface area contributed by atoms with Crippen molar-refractivity contribution < 1.29 is 9.94 Å². The zero-order valence-corrected chi connectivity index (χ0v) is 9.63. The smallest absolute Gasteiger partial charge is 0.230 e. The van der Waals surface area contributed by atoms with Crippen molar-refractivity contribution in [2.75, 3.05) is 33.2 Å². The van der Waals surface area contributed by atoms with Gasteiger partial charge in [0.25, 0.3) is 0 Å². The Morgan fingerprint density at radius 1 is 1.43 bits per heavy atom. The number of rotatable bonds is 4. The van der Waals surface area contributed by atoms with Crippen LogP contribution in [-0.2, 0) is 6.54 Å². The normalized spacial score (nSPS) is 10.7. The van der Waals surface area contributed by atoms with Gasteiger partial charge in [-0.15, -0.1) is 0 Å². The van der Waals surface area contributed by atoms with E-state index in [4.69, 9.17) is 9.94 Å². The van der Waals surface area contributed by atoms with Crippen molar-refractivity contribution in [3.8, 4) is 5.88 Å². The molecule has 0 unspecified atom stereocenters. The Kier molecular flexibility index (Phi) is 3.68. The Balaban J connectivity index is 2.90. The number of ether oxygens (including phenoxy) is 1. The van der Waals surface area contributed by atoms with Gasteiger partial charge in [-0.05, 0) is 0 Å². The van der Waals surface area contributed by atoms with E-state index in [1.807, 2.05) is 19.0 Å². The largest absolute Gasteiger partial charge is 0.480 e. The highest BCUT2D eigenvalue weighted by atomic mass is 32.1. The first-order chi connectivity index (χ1) is 6.54. The molecule has 1 N–H and O–H groups in total. The molecule has 6 heteroatoms. The number of hydroxylamine groups is 2. The molecule has 14 heavy (non-hydrogen) atoms. The molecule has 0 atom stereocenters. The Hall–Kier alpha value is -0.850. The molecule has 0 amide bonds. The predicted molar refractivity (Wildman–Crippen MR) is 56.2 cm³/mol. The molecule has 0 aliphatic carbocycles. The van der Waals surface area contributed by atoms with Crippen molar-refractivity contribution in [1.29, 1.82) is 0 Å². The summed E-state index contributed by atoms with van der Waals surface area (Å²) in [4.78, 5) is 7.09. The fraction of sp³-hybridized carbons (Fsp3) is 0.625. The summed E-state index contributed by atoms with van der Waals surface area (Å²) in [7, 11) is 7.01. The Bertz CT molecular complexity index is 299. The molecule has 0 saturated carbocycles. The zero-order chi connectivity index (χ0) is 10.7. The zero-order valence-electron chi connectivity index (χ0n) is 8.81. The third-order valence-electron chi connectivity index (χ3n) is 1.60. The highest BCUT2D eigenvalue weighted by Gasteiger charge is 2.13. The van der Waals surface area contributed by atoms with Gasteiger partial charge in [0.1, 0.15) is 0 Å². The molecule has 0 radical (unpaired) electrons. The van der Waals surface area contributed by atoms with Gasteiger partial charge in [-0.2, -0.15) is 10.0 Å². The molecule has 0 aliphatic heterocycles. The number of hydrogen-bond acceptors (Lipinski definition) is 6. The third kappa shape index (κ3) is 2.57. The summed E-state index contributed by atoms with van der Waals surface area (Å²) < 4.78 is 5.11. The second-order valence-corrected chi connectivity index (χ2v) is 4.20. The third-order valence-corrected chi connectivity index (χ3v) is 2.79. The van der Waals surface area contributed by atoms with Crippen molar-refractivity contribution in [3.05, 3.63) is 4.88 Å². The van der Waals surface area contributed by atoms with E-state index in [1.54, 1.807) is 14.2 Å². The minimum Gasteiger partial charge on any atom is -0.480 e. The lowest BCUT2D eigenvalue weighted by Gasteiger charge is -2.06. The van der Waals surface area contributed by atoms with Crippen molar-refractivity contribution in [3.63, 3.8) is 0 Å².